The van der Waals surface area contributed by atoms with Gasteiger partial charge < -0.3 is 24.8 Å². The summed E-state index contributed by atoms with van der Waals surface area (Å²) in [6, 6.07) is 8.91. The van der Waals surface area contributed by atoms with Gasteiger partial charge in [0.05, 0.1) is 18.2 Å². The summed E-state index contributed by atoms with van der Waals surface area (Å²) in [4.78, 5) is 26.7. The molecule has 30 heavy (non-hydrogen) atoms. The summed E-state index contributed by atoms with van der Waals surface area (Å²) in [5.74, 6) is 0.146. The Labute approximate surface area is 179 Å². The zero-order valence-corrected chi connectivity index (χ0v) is 18.8. The van der Waals surface area contributed by atoms with E-state index in [-0.39, 0.29) is 30.7 Å². The lowest BCUT2D eigenvalue weighted by atomic mass is 9.79. The molecule has 1 aromatic rings. The van der Waals surface area contributed by atoms with Crippen molar-refractivity contribution in [2.24, 2.45) is 5.92 Å². The number of hydrogen-bond acceptors (Lipinski definition) is 5. The van der Waals surface area contributed by atoms with Gasteiger partial charge in [0.2, 0.25) is 0 Å². The van der Waals surface area contributed by atoms with E-state index >= 15 is 0 Å². The van der Waals surface area contributed by atoms with Gasteiger partial charge in [-0.3, -0.25) is 0 Å². The number of hydrogen-bond donors (Lipinski definition) is 2. The zero-order chi connectivity index (χ0) is 22.3. The fourth-order valence-corrected chi connectivity index (χ4v) is 4.02. The summed E-state index contributed by atoms with van der Waals surface area (Å²) in [5, 5.41) is 12.8. The second-order valence-electron chi connectivity index (χ2n) is 9.15. The molecule has 7 heteroatoms. The number of ether oxygens (including phenoxy) is 2. The standard InChI is InChI=1S/C23H36N2O5/c1-16(24-21(27)30-23(2,3)4)20(18-11-13-19(26)14-12-18)25(5)22(28)29-15-17-9-7-6-8-10-17/h6-10,16,18-20,26H,11-15H2,1-5H3,(H,24,27). The normalized spacial score (nSPS) is 21.3. The molecule has 2 rings (SSSR count). The highest BCUT2D eigenvalue weighted by atomic mass is 16.6. The SMILES string of the molecule is CC(NC(=O)OC(C)(C)C)C(C1CCC(O)CC1)N(C)C(=O)OCc1ccccc1. The molecule has 0 bridgehead atoms. The lowest BCUT2D eigenvalue weighted by Crippen LogP contribution is -2.55. The number of aliphatic hydroxyl groups excluding tert-OH is 1. The first-order chi connectivity index (χ1) is 14.1. The highest BCUT2D eigenvalue weighted by molar-refractivity contribution is 5.69. The fraction of sp³-hybridized carbons (Fsp3) is 0.652. The van der Waals surface area contributed by atoms with E-state index in [1.807, 2.05) is 58.0 Å². The van der Waals surface area contributed by atoms with Crippen LogP contribution in [0.3, 0.4) is 0 Å². The van der Waals surface area contributed by atoms with Gasteiger partial charge in [-0.05, 0) is 64.9 Å². The Morgan fingerprint density at radius 3 is 2.33 bits per heavy atom. The third kappa shape index (κ3) is 7.52. The van der Waals surface area contributed by atoms with Gasteiger partial charge in [0.25, 0.3) is 0 Å². The van der Waals surface area contributed by atoms with Gasteiger partial charge in [-0.15, -0.1) is 0 Å². The molecule has 7 nitrogen and oxygen atoms in total. The van der Waals surface area contributed by atoms with Crippen LogP contribution in [0.1, 0.15) is 58.9 Å². The van der Waals surface area contributed by atoms with Crippen LogP contribution in [0.4, 0.5) is 9.59 Å². The Bertz CT molecular complexity index is 681. The number of nitrogens with one attached hydrogen (secondary N) is 1. The van der Waals surface area contributed by atoms with Gasteiger partial charge in [-0.1, -0.05) is 30.3 Å². The molecule has 2 unspecified atom stereocenters. The second kappa shape index (κ2) is 10.7. The summed E-state index contributed by atoms with van der Waals surface area (Å²) in [6.45, 7) is 7.49. The van der Waals surface area contributed by atoms with Crippen LogP contribution in [-0.2, 0) is 16.1 Å². The Morgan fingerprint density at radius 2 is 1.77 bits per heavy atom. The van der Waals surface area contributed by atoms with E-state index in [0.29, 0.717) is 12.8 Å². The fourth-order valence-electron chi connectivity index (χ4n) is 4.02. The quantitative estimate of drug-likeness (QED) is 0.724. The third-order valence-electron chi connectivity index (χ3n) is 5.42. The molecule has 0 heterocycles. The molecule has 0 aromatic heterocycles. The first kappa shape index (κ1) is 24.0. The molecule has 0 spiro atoms. The van der Waals surface area contributed by atoms with Crippen LogP contribution < -0.4 is 5.32 Å². The van der Waals surface area contributed by atoms with Crippen molar-refractivity contribution < 1.29 is 24.2 Å². The van der Waals surface area contributed by atoms with Crippen LogP contribution in [0, 0.1) is 5.92 Å². The van der Waals surface area contributed by atoms with Crippen LogP contribution >= 0.6 is 0 Å². The predicted octanol–water partition coefficient (Wildman–Crippen LogP) is 4.09. The summed E-state index contributed by atoms with van der Waals surface area (Å²) in [6.07, 6.45) is 1.69. The van der Waals surface area contributed by atoms with Gasteiger partial charge in [0.15, 0.2) is 0 Å². The van der Waals surface area contributed by atoms with E-state index in [9.17, 15) is 14.7 Å². The van der Waals surface area contributed by atoms with Gasteiger partial charge in [-0.2, -0.15) is 0 Å². The number of carbonyl (C=O) groups is 2. The van der Waals surface area contributed by atoms with Crippen molar-refractivity contribution in [1.82, 2.24) is 10.2 Å². The summed E-state index contributed by atoms with van der Waals surface area (Å²) in [5.41, 5.74) is 0.311. The lowest BCUT2D eigenvalue weighted by Gasteiger charge is -2.40. The largest absolute Gasteiger partial charge is 0.445 e. The minimum absolute atomic E-state index is 0.146. The minimum Gasteiger partial charge on any atom is -0.445 e. The van der Waals surface area contributed by atoms with Gasteiger partial charge in [0, 0.05) is 7.05 Å². The van der Waals surface area contributed by atoms with Crippen molar-refractivity contribution in [3.05, 3.63) is 35.9 Å². The Hall–Kier alpha value is -2.28. The number of carbonyl (C=O) groups excluding carboxylic acids is 2. The van der Waals surface area contributed by atoms with E-state index < -0.39 is 17.8 Å². The molecule has 2 amide bonds. The highest BCUT2D eigenvalue weighted by Crippen LogP contribution is 2.31. The molecule has 1 saturated carbocycles. The number of amides is 2. The van der Waals surface area contributed by atoms with Crippen LogP contribution in [0.2, 0.25) is 0 Å². The topological polar surface area (TPSA) is 88.1 Å². The van der Waals surface area contributed by atoms with E-state index in [1.165, 1.54) is 0 Å². The molecule has 1 aliphatic carbocycles. The zero-order valence-electron chi connectivity index (χ0n) is 18.8. The van der Waals surface area contributed by atoms with Crippen molar-refractivity contribution in [1.29, 1.82) is 0 Å². The minimum atomic E-state index is -0.602. The summed E-state index contributed by atoms with van der Waals surface area (Å²) in [7, 11) is 1.70. The number of nitrogens with zero attached hydrogens (tertiary/aromatic N) is 1. The van der Waals surface area contributed by atoms with Crippen molar-refractivity contribution >= 4 is 12.2 Å². The first-order valence-electron chi connectivity index (χ1n) is 10.7. The second-order valence-corrected chi connectivity index (χ2v) is 9.15. The Morgan fingerprint density at radius 1 is 1.17 bits per heavy atom. The van der Waals surface area contributed by atoms with Crippen LogP contribution in [-0.4, -0.2) is 53.0 Å². The van der Waals surface area contributed by atoms with Crippen molar-refractivity contribution in [3.63, 3.8) is 0 Å². The highest BCUT2D eigenvalue weighted by Gasteiger charge is 2.37. The smallest absolute Gasteiger partial charge is 0.410 e. The Balaban J connectivity index is 2.07. The number of benzene rings is 1. The van der Waals surface area contributed by atoms with Gasteiger partial charge in [-0.25, -0.2) is 9.59 Å². The Kier molecular flexibility index (Phi) is 8.53. The molecule has 1 aliphatic rings. The molecule has 1 aromatic carbocycles. The lowest BCUT2D eigenvalue weighted by molar-refractivity contribution is 0.0302. The van der Waals surface area contributed by atoms with Crippen LogP contribution in [0.25, 0.3) is 0 Å². The van der Waals surface area contributed by atoms with Crippen molar-refractivity contribution in [3.8, 4) is 0 Å². The van der Waals surface area contributed by atoms with Gasteiger partial charge >= 0.3 is 12.2 Å². The van der Waals surface area contributed by atoms with Crippen LogP contribution in [0.15, 0.2) is 30.3 Å². The van der Waals surface area contributed by atoms with Crippen molar-refractivity contribution in [2.75, 3.05) is 7.05 Å². The maximum Gasteiger partial charge on any atom is 0.410 e. The molecule has 0 radical (unpaired) electrons. The van der Waals surface area contributed by atoms with E-state index in [4.69, 9.17) is 9.47 Å². The van der Waals surface area contributed by atoms with Crippen LogP contribution in [0.5, 0.6) is 0 Å². The monoisotopic (exact) mass is 420 g/mol. The van der Waals surface area contributed by atoms with E-state index in [2.05, 4.69) is 5.32 Å². The number of likely N-dealkylation sites (N-methyl/N-ethyl adjacent to an activating group) is 1. The molecule has 0 saturated heterocycles. The number of aliphatic hydroxyl groups is 1. The molecule has 168 valence electrons. The van der Waals surface area contributed by atoms with Gasteiger partial charge in [0.1, 0.15) is 12.2 Å². The average Bonchev–Trinajstić information content (AvgIpc) is 2.67. The molecule has 2 N–H and O–H groups in total. The molecule has 0 aliphatic heterocycles. The maximum absolute atomic E-state index is 12.8. The average molecular weight is 421 g/mol. The molecular weight excluding hydrogens is 384 g/mol. The van der Waals surface area contributed by atoms with Crippen molar-refractivity contribution in [2.45, 2.75) is 83.8 Å². The molecule has 1 fully saturated rings. The summed E-state index contributed by atoms with van der Waals surface area (Å²) >= 11 is 0. The maximum atomic E-state index is 12.8. The predicted molar refractivity (Wildman–Crippen MR) is 115 cm³/mol. The third-order valence-corrected chi connectivity index (χ3v) is 5.42. The number of alkyl carbamates (subject to hydrolysis) is 1. The number of rotatable bonds is 6. The summed E-state index contributed by atoms with van der Waals surface area (Å²) < 4.78 is 10.9. The van der Waals surface area contributed by atoms with E-state index in [1.54, 1.807) is 11.9 Å². The molecular formula is C23H36N2O5. The molecule has 2 atom stereocenters. The van der Waals surface area contributed by atoms with E-state index in [0.717, 1.165) is 18.4 Å². The first-order valence-corrected chi connectivity index (χ1v) is 10.7.